The third kappa shape index (κ3) is 5.27. The lowest BCUT2D eigenvalue weighted by molar-refractivity contribution is -0.116. The van der Waals surface area contributed by atoms with Crippen LogP contribution in [0.25, 0.3) is 0 Å². The molecule has 0 bridgehead atoms. The van der Waals surface area contributed by atoms with E-state index in [1.165, 1.54) is 48.8 Å². The highest BCUT2D eigenvalue weighted by molar-refractivity contribution is 7.89. The molecule has 1 aliphatic rings. The lowest BCUT2D eigenvalue weighted by Crippen LogP contribution is -2.40. The standard InChI is InChI=1S/C20H25N3O7S2/c1-22(31(25,26)16-6-4-3-5-7-16)15-20(24)21-18-14-17(8-9-19(18)29-2)32(27,28)23-10-12-30-13-11-23/h3-9,14H,10-13,15H2,1-2H3,(H,21,24). The van der Waals surface area contributed by atoms with E-state index in [0.717, 1.165) is 4.31 Å². The highest BCUT2D eigenvalue weighted by Gasteiger charge is 2.28. The van der Waals surface area contributed by atoms with Gasteiger partial charge in [0.2, 0.25) is 26.0 Å². The maximum Gasteiger partial charge on any atom is 0.243 e. The van der Waals surface area contributed by atoms with Crippen LogP contribution in [0.4, 0.5) is 5.69 Å². The first-order valence-electron chi connectivity index (χ1n) is 9.73. The van der Waals surface area contributed by atoms with E-state index in [9.17, 15) is 21.6 Å². The third-order valence-electron chi connectivity index (χ3n) is 4.87. The molecule has 1 N–H and O–H groups in total. The van der Waals surface area contributed by atoms with Crippen LogP contribution >= 0.6 is 0 Å². The molecule has 0 saturated carbocycles. The van der Waals surface area contributed by atoms with Crippen molar-refractivity contribution in [3.8, 4) is 5.75 Å². The molecule has 0 spiro atoms. The average molecular weight is 484 g/mol. The fraction of sp³-hybridized carbons (Fsp3) is 0.350. The number of hydrogen-bond acceptors (Lipinski definition) is 7. The van der Waals surface area contributed by atoms with Gasteiger partial charge in [0.05, 0.1) is 42.3 Å². The Bertz CT molecular complexity index is 1160. The van der Waals surface area contributed by atoms with Crippen LogP contribution in [0.15, 0.2) is 58.3 Å². The Kier molecular flexibility index (Phi) is 7.51. The summed E-state index contributed by atoms with van der Waals surface area (Å²) < 4.78 is 63.8. The first-order valence-corrected chi connectivity index (χ1v) is 12.6. The van der Waals surface area contributed by atoms with Gasteiger partial charge in [-0.15, -0.1) is 0 Å². The van der Waals surface area contributed by atoms with E-state index in [4.69, 9.17) is 9.47 Å². The van der Waals surface area contributed by atoms with Gasteiger partial charge in [0.1, 0.15) is 5.75 Å². The molecular weight excluding hydrogens is 458 g/mol. The van der Waals surface area contributed by atoms with E-state index >= 15 is 0 Å². The van der Waals surface area contributed by atoms with Gasteiger partial charge in [0, 0.05) is 20.1 Å². The Hall–Kier alpha value is -2.51. The number of rotatable bonds is 8. The highest BCUT2D eigenvalue weighted by atomic mass is 32.2. The lowest BCUT2D eigenvalue weighted by atomic mass is 10.3. The van der Waals surface area contributed by atoms with Gasteiger partial charge in [-0.05, 0) is 30.3 Å². The van der Waals surface area contributed by atoms with Crippen molar-refractivity contribution in [2.24, 2.45) is 0 Å². The monoisotopic (exact) mass is 483 g/mol. The first-order chi connectivity index (χ1) is 15.2. The zero-order chi connectivity index (χ0) is 23.4. The normalized spacial score (nSPS) is 15.5. The van der Waals surface area contributed by atoms with Gasteiger partial charge in [-0.2, -0.15) is 8.61 Å². The summed E-state index contributed by atoms with van der Waals surface area (Å²) in [5.74, 6) is -0.404. The van der Waals surface area contributed by atoms with Crippen molar-refractivity contribution in [2.45, 2.75) is 9.79 Å². The van der Waals surface area contributed by atoms with Gasteiger partial charge in [-0.1, -0.05) is 18.2 Å². The summed E-state index contributed by atoms with van der Waals surface area (Å²) in [6.45, 7) is 0.611. The van der Waals surface area contributed by atoms with Crippen LogP contribution in [0, 0.1) is 0 Å². The number of nitrogens with zero attached hydrogens (tertiary/aromatic N) is 2. The number of carbonyl (C=O) groups excluding carboxylic acids is 1. The molecule has 2 aromatic rings. The van der Waals surface area contributed by atoms with Crippen LogP contribution in [-0.4, -0.2) is 78.4 Å². The number of methoxy groups -OCH3 is 1. The van der Waals surface area contributed by atoms with Crippen LogP contribution in [0.2, 0.25) is 0 Å². The Morgan fingerprint density at radius 1 is 1.06 bits per heavy atom. The predicted molar refractivity (Wildman–Crippen MR) is 117 cm³/mol. The van der Waals surface area contributed by atoms with Crippen LogP contribution in [0.1, 0.15) is 0 Å². The van der Waals surface area contributed by atoms with Gasteiger partial charge < -0.3 is 14.8 Å². The highest BCUT2D eigenvalue weighted by Crippen LogP contribution is 2.29. The van der Waals surface area contributed by atoms with Crippen molar-refractivity contribution >= 4 is 31.6 Å². The minimum Gasteiger partial charge on any atom is -0.495 e. The van der Waals surface area contributed by atoms with Crippen molar-refractivity contribution in [1.29, 1.82) is 0 Å². The third-order valence-corrected chi connectivity index (χ3v) is 8.58. The van der Waals surface area contributed by atoms with E-state index in [-0.39, 0.29) is 34.3 Å². The second kappa shape index (κ2) is 9.96. The quantitative estimate of drug-likeness (QED) is 0.594. The summed E-state index contributed by atoms with van der Waals surface area (Å²) in [5.41, 5.74) is 0.123. The van der Waals surface area contributed by atoms with E-state index in [1.807, 2.05) is 0 Å². The van der Waals surface area contributed by atoms with Gasteiger partial charge >= 0.3 is 0 Å². The summed E-state index contributed by atoms with van der Waals surface area (Å²) in [7, 11) is -4.98. The molecule has 0 radical (unpaired) electrons. The number of sulfonamides is 2. The van der Waals surface area contributed by atoms with Crippen molar-refractivity contribution in [1.82, 2.24) is 8.61 Å². The molecule has 1 aliphatic heterocycles. The smallest absolute Gasteiger partial charge is 0.243 e. The number of hydrogen-bond donors (Lipinski definition) is 1. The van der Waals surface area contributed by atoms with E-state index < -0.39 is 32.5 Å². The molecule has 1 heterocycles. The van der Waals surface area contributed by atoms with Crippen LogP contribution < -0.4 is 10.1 Å². The fourth-order valence-electron chi connectivity index (χ4n) is 3.13. The molecule has 0 aliphatic carbocycles. The van der Waals surface area contributed by atoms with Crippen molar-refractivity contribution in [2.75, 3.05) is 52.3 Å². The number of anilines is 1. The van der Waals surface area contributed by atoms with Crippen molar-refractivity contribution < 1.29 is 31.1 Å². The molecular formula is C20H25N3O7S2. The first kappa shape index (κ1) is 24.1. The summed E-state index contributed by atoms with van der Waals surface area (Å²) in [5, 5.41) is 2.55. The Balaban J connectivity index is 1.78. The topological polar surface area (TPSA) is 122 Å². The molecule has 12 heteroatoms. The fourth-order valence-corrected chi connectivity index (χ4v) is 5.71. The lowest BCUT2D eigenvalue weighted by Gasteiger charge is -2.26. The Morgan fingerprint density at radius 3 is 2.34 bits per heavy atom. The summed E-state index contributed by atoms with van der Waals surface area (Å²) in [6.07, 6.45) is 0. The van der Waals surface area contributed by atoms with E-state index in [2.05, 4.69) is 5.32 Å². The van der Waals surface area contributed by atoms with E-state index in [0.29, 0.717) is 13.2 Å². The minimum absolute atomic E-state index is 0.0132. The number of benzene rings is 2. The minimum atomic E-state index is -3.86. The van der Waals surface area contributed by atoms with Gasteiger partial charge in [-0.3, -0.25) is 4.79 Å². The van der Waals surface area contributed by atoms with Gasteiger partial charge in [-0.25, -0.2) is 16.8 Å². The van der Waals surface area contributed by atoms with Crippen molar-refractivity contribution in [3.05, 3.63) is 48.5 Å². The maximum atomic E-state index is 12.9. The zero-order valence-corrected chi connectivity index (χ0v) is 19.4. The van der Waals surface area contributed by atoms with Gasteiger partial charge in [0.15, 0.2) is 0 Å². The maximum absolute atomic E-state index is 12.9. The summed E-state index contributed by atoms with van der Waals surface area (Å²) in [4.78, 5) is 12.6. The Labute approximate surface area is 187 Å². The molecule has 174 valence electrons. The molecule has 0 unspecified atom stereocenters. The molecule has 32 heavy (non-hydrogen) atoms. The molecule has 2 aromatic carbocycles. The summed E-state index contributed by atoms with van der Waals surface area (Å²) in [6, 6.07) is 11.9. The summed E-state index contributed by atoms with van der Waals surface area (Å²) >= 11 is 0. The zero-order valence-electron chi connectivity index (χ0n) is 17.7. The molecule has 0 atom stereocenters. The second-order valence-electron chi connectivity index (χ2n) is 7.00. The molecule has 0 aromatic heterocycles. The molecule has 1 amide bonds. The van der Waals surface area contributed by atoms with Crippen LogP contribution in [0.5, 0.6) is 5.75 Å². The molecule has 1 saturated heterocycles. The number of nitrogens with one attached hydrogen (secondary N) is 1. The Morgan fingerprint density at radius 2 is 1.72 bits per heavy atom. The van der Waals surface area contributed by atoms with Gasteiger partial charge in [0.25, 0.3) is 0 Å². The second-order valence-corrected chi connectivity index (χ2v) is 11.0. The number of likely N-dealkylation sites (N-methyl/N-ethyl adjacent to an activating group) is 1. The van der Waals surface area contributed by atoms with Crippen LogP contribution in [-0.2, 0) is 29.6 Å². The number of morpholine rings is 1. The average Bonchev–Trinajstić information content (AvgIpc) is 2.80. The number of amides is 1. The molecule has 3 rings (SSSR count). The van der Waals surface area contributed by atoms with Crippen LogP contribution in [0.3, 0.4) is 0 Å². The number of carbonyl (C=O) groups is 1. The van der Waals surface area contributed by atoms with Crippen molar-refractivity contribution in [3.63, 3.8) is 0 Å². The largest absolute Gasteiger partial charge is 0.495 e. The predicted octanol–water partition coefficient (Wildman–Crippen LogP) is 0.975. The molecule has 10 nitrogen and oxygen atoms in total. The SMILES string of the molecule is COc1ccc(S(=O)(=O)N2CCOCC2)cc1NC(=O)CN(C)S(=O)(=O)c1ccccc1. The number of ether oxygens (including phenoxy) is 2. The molecule has 1 fully saturated rings. The van der Waals surface area contributed by atoms with E-state index in [1.54, 1.807) is 18.2 Å².